The topological polar surface area (TPSA) is 26.7 Å². The number of nitrogens with one attached hydrogen (secondary N) is 1. The van der Waals surface area contributed by atoms with Crippen molar-refractivity contribution >= 4 is 72.0 Å². The Morgan fingerprint density at radius 1 is 0.492 bits per heavy atom. The van der Waals surface area contributed by atoms with E-state index >= 15 is 0 Å². The molecular weight excluding hydrogens is 765 g/mol. The number of aromatic nitrogens is 2. The molecule has 4 nitrogen and oxygen atoms in total. The normalized spacial score (nSPS) is 17.1. The second kappa shape index (κ2) is 14.1. The molecule has 0 fully saturated rings. The zero-order valence-corrected chi connectivity index (χ0v) is 34.9. The number of amidine groups is 1. The van der Waals surface area contributed by atoms with Gasteiger partial charge in [0, 0.05) is 32.8 Å². The Balaban J connectivity index is 0.957. The van der Waals surface area contributed by atoms with Crippen LogP contribution in [0.25, 0.3) is 83.0 Å². The number of nitrogens with zero attached hydrogens (tertiary/aromatic N) is 3. The molecule has 0 spiro atoms. The van der Waals surface area contributed by atoms with E-state index in [1.54, 1.807) is 0 Å². The van der Waals surface area contributed by atoms with Crippen LogP contribution in [0.2, 0.25) is 0 Å². The molecule has 13 rings (SSSR count). The SMILES string of the molecule is CC1CC=Cc2c(C3N=C(c4ccc(-c5ccccc5)cc4)[NH+]3c3ccccc3)ccc(-n3c4ccccc4c4cc5cc(-n6c7ccccc7c7ccccc76)ccc5cc43)c21. The van der Waals surface area contributed by atoms with Gasteiger partial charge in [-0.25, -0.2) is 4.90 Å². The average molecular weight is 808 g/mol. The Morgan fingerprint density at radius 2 is 1.10 bits per heavy atom. The van der Waals surface area contributed by atoms with E-state index in [4.69, 9.17) is 4.99 Å². The van der Waals surface area contributed by atoms with Crippen LogP contribution in [0.3, 0.4) is 0 Å². The van der Waals surface area contributed by atoms with Crippen LogP contribution in [0.15, 0.2) is 211 Å². The number of rotatable bonds is 6. The van der Waals surface area contributed by atoms with Gasteiger partial charge in [-0.3, -0.25) is 0 Å². The number of hydrogen-bond donors (Lipinski definition) is 1. The Hall–Kier alpha value is -7.79. The monoisotopic (exact) mass is 807 g/mol. The molecule has 1 N–H and O–H groups in total. The summed E-state index contributed by atoms with van der Waals surface area (Å²) in [5.74, 6) is 1.41. The summed E-state index contributed by atoms with van der Waals surface area (Å²) in [4.78, 5) is 6.76. The second-order valence-electron chi connectivity index (χ2n) is 17.3. The molecule has 2 aliphatic rings. The van der Waals surface area contributed by atoms with Crippen molar-refractivity contribution in [3.05, 3.63) is 229 Å². The van der Waals surface area contributed by atoms with Crippen LogP contribution < -0.4 is 4.90 Å². The van der Waals surface area contributed by atoms with Gasteiger partial charge in [-0.15, -0.1) is 0 Å². The van der Waals surface area contributed by atoms with E-state index in [0.29, 0.717) is 5.92 Å². The first-order valence-electron chi connectivity index (χ1n) is 22.1. The van der Waals surface area contributed by atoms with E-state index in [2.05, 4.69) is 228 Å². The molecule has 0 radical (unpaired) electrons. The molecule has 298 valence electrons. The summed E-state index contributed by atoms with van der Waals surface area (Å²) in [7, 11) is 0. The number of allylic oxidation sites excluding steroid dienone is 1. The highest BCUT2D eigenvalue weighted by Gasteiger charge is 2.43. The van der Waals surface area contributed by atoms with Crippen LogP contribution in [-0.4, -0.2) is 15.0 Å². The first-order valence-corrected chi connectivity index (χ1v) is 22.1. The highest BCUT2D eigenvalue weighted by Crippen LogP contribution is 2.43. The highest BCUT2D eigenvalue weighted by molar-refractivity contribution is 6.14. The number of aliphatic imine (C=N–C) groups is 1. The van der Waals surface area contributed by atoms with E-state index in [0.717, 1.165) is 17.8 Å². The molecule has 63 heavy (non-hydrogen) atoms. The Kier molecular flexibility index (Phi) is 8.06. The zero-order chi connectivity index (χ0) is 41.6. The molecule has 9 aromatic carbocycles. The quantitative estimate of drug-likeness (QED) is 0.173. The number of benzene rings is 9. The standard InChI is InChI=1S/C59H42N4/c1-38-15-14-23-49-50(59-60-58(62(59)44-18-6-3-7-19-44)41-29-27-40(28-30-41)39-16-4-2-5-17-39)33-34-55(57(38)49)63-54-26-13-10-22-48(54)51-36-43-35-45(32-31-42(43)37-56(51)63)61-52-24-11-8-20-46(52)47-21-9-12-25-53(47)61/h2-14,16-38,59H,15H2,1H3/p+1. The van der Waals surface area contributed by atoms with Gasteiger partial charge in [0.05, 0.1) is 33.3 Å². The van der Waals surface area contributed by atoms with Gasteiger partial charge in [-0.1, -0.05) is 140 Å². The van der Waals surface area contributed by atoms with Crippen molar-refractivity contribution in [1.82, 2.24) is 9.13 Å². The second-order valence-corrected chi connectivity index (χ2v) is 17.3. The van der Waals surface area contributed by atoms with Gasteiger partial charge in [-0.2, -0.15) is 4.99 Å². The van der Waals surface area contributed by atoms with E-state index in [-0.39, 0.29) is 6.17 Å². The Morgan fingerprint density at radius 3 is 1.81 bits per heavy atom. The molecule has 0 bridgehead atoms. The molecule has 0 saturated carbocycles. The van der Waals surface area contributed by atoms with Crippen molar-refractivity contribution in [2.24, 2.45) is 4.99 Å². The fourth-order valence-corrected chi connectivity index (χ4v) is 10.7. The molecule has 1 aliphatic carbocycles. The maximum absolute atomic E-state index is 5.48. The maximum Gasteiger partial charge on any atom is 0.241 e. The van der Waals surface area contributed by atoms with E-state index in [1.165, 1.54) is 104 Å². The summed E-state index contributed by atoms with van der Waals surface area (Å²) in [6.45, 7) is 2.39. The van der Waals surface area contributed by atoms with Crippen LogP contribution in [0, 0.1) is 0 Å². The summed E-state index contributed by atoms with van der Waals surface area (Å²) in [6.07, 6.45) is 5.66. The molecule has 3 heterocycles. The highest BCUT2D eigenvalue weighted by atomic mass is 15.4. The average Bonchev–Trinajstić information content (AvgIpc) is 3.84. The van der Waals surface area contributed by atoms with Crippen molar-refractivity contribution in [3.8, 4) is 22.5 Å². The lowest BCUT2D eigenvalue weighted by Crippen LogP contribution is -3.14. The van der Waals surface area contributed by atoms with Crippen molar-refractivity contribution in [1.29, 1.82) is 0 Å². The lowest BCUT2D eigenvalue weighted by molar-refractivity contribution is -0.792. The van der Waals surface area contributed by atoms with Gasteiger partial charge in [0.1, 0.15) is 5.69 Å². The largest absolute Gasteiger partial charge is 0.309 e. The van der Waals surface area contributed by atoms with Crippen molar-refractivity contribution in [3.63, 3.8) is 0 Å². The minimum Gasteiger partial charge on any atom is -0.309 e. The molecule has 1 aliphatic heterocycles. The van der Waals surface area contributed by atoms with Crippen molar-refractivity contribution < 1.29 is 4.90 Å². The molecule has 0 amide bonds. The predicted octanol–water partition coefficient (Wildman–Crippen LogP) is 13.9. The van der Waals surface area contributed by atoms with E-state index < -0.39 is 0 Å². The van der Waals surface area contributed by atoms with Crippen LogP contribution in [0.4, 0.5) is 5.69 Å². The number of hydrogen-bond acceptors (Lipinski definition) is 1. The van der Waals surface area contributed by atoms with Crippen LogP contribution in [0.1, 0.15) is 47.7 Å². The molecule has 3 unspecified atom stereocenters. The fourth-order valence-electron chi connectivity index (χ4n) is 10.7. The third-order valence-electron chi connectivity index (χ3n) is 13.7. The van der Waals surface area contributed by atoms with E-state index in [9.17, 15) is 0 Å². The minimum absolute atomic E-state index is 0.0697. The lowest BCUT2D eigenvalue weighted by Gasteiger charge is -2.36. The molecule has 2 aromatic heterocycles. The van der Waals surface area contributed by atoms with Gasteiger partial charge >= 0.3 is 0 Å². The van der Waals surface area contributed by atoms with Gasteiger partial charge in [-0.05, 0) is 124 Å². The summed E-state index contributed by atoms with van der Waals surface area (Å²) >= 11 is 0. The summed E-state index contributed by atoms with van der Waals surface area (Å²) in [6, 6.07) is 73.4. The third kappa shape index (κ3) is 5.55. The lowest BCUT2D eigenvalue weighted by atomic mass is 9.83. The first kappa shape index (κ1) is 35.9. The summed E-state index contributed by atoms with van der Waals surface area (Å²) < 4.78 is 4.95. The van der Waals surface area contributed by atoms with E-state index in [1.807, 2.05) is 0 Å². The van der Waals surface area contributed by atoms with Gasteiger partial charge in [0.15, 0.2) is 0 Å². The molecule has 3 atom stereocenters. The summed E-state index contributed by atoms with van der Waals surface area (Å²) in [5.41, 5.74) is 16.1. The van der Waals surface area contributed by atoms with Gasteiger partial charge < -0.3 is 9.13 Å². The van der Waals surface area contributed by atoms with Crippen LogP contribution >= 0.6 is 0 Å². The molecule has 4 heteroatoms. The van der Waals surface area contributed by atoms with Crippen molar-refractivity contribution in [2.45, 2.75) is 25.4 Å². The third-order valence-corrected chi connectivity index (χ3v) is 13.7. The Bertz CT molecular complexity index is 3610. The Labute approximate surface area is 365 Å². The van der Waals surface area contributed by atoms with Crippen molar-refractivity contribution in [2.75, 3.05) is 0 Å². The van der Waals surface area contributed by atoms with Gasteiger partial charge in [0.2, 0.25) is 12.0 Å². The zero-order valence-electron chi connectivity index (χ0n) is 34.9. The number of fused-ring (bicyclic) bond motifs is 8. The number of quaternary nitrogens is 1. The predicted molar refractivity (Wildman–Crippen MR) is 263 cm³/mol. The summed E-state index contributed by atoms with van der Waals surface area (Å²) in [5, 5.41) is 7.54. The fraction of sp³-hybridized carbons (Fsp3) is 0.0678. The van der Waals surface area contributed by atoms with Crippen LogP contribution in [0.5, 0.6) is 0 Å². The molecule has 11 aromatic rings. The van der Waals surface area contributed by atoms with Crippen LogP contribution in [-0.2, 0) is 0 Å². The first-order chi connectivity index (χ1) is 31.2. The molecular formula is C59H43N4+. The minimum atomic E-state index is -0.0697. The smallest absolute Gasteiger partial charge is 0.241 e. The number of para-hydroxylation sites is 4. The van der Waals surface area contributed by atoms with Gasteiger partial charge in [0.25, 0.3) is 0 Å². The maximum atomic E-state index is 5.48. The molecule has 0 saturated heterocycles.